The number of alkyl halides is 3. The third-order valence-corrected chi connectivity index (χ3v) is 5.65. The van der Waals surface area contributed by atoms with Gasteiger partial charge in [-0.2, -0.15) is 17.6 Å². The molecule has 0 spiro atoms. The van der Waals surface area contributed by atoms with E-state index in [2.05, 4.69) is 20.3 Å². The Morgan fingerprint density at radius 1 is 1.06 bits per heavy atom. The van der Waals surface area contributed by atoms with E-state index in [1.165, 1.54) is 0 Å². The first-order valence-corrected chi connectivity index (χ1v) is 10.9. The summed E-state index contributed by atoms with van der Waals surface area (Å²) in [5, 5.41) is 3.01. The van der Waals surface area contributed by atoms with Gasteiger partial charge in [0.1, 0.15) is 22.8 Å². The van der Waals surface area contributed by atoms with Gasteiger partial charge < -0.3 is 10.2 Å². The van der Waals surface area contributed by atoms with Crippen molar-refractivity contribution in [1.29, 1.82) is 0 Å². The number of hydrogen-bond acceptors (Lipinski definition) is 6. The predicted octanol–water partition coefficient (Wildman–Crippen LogP) is 6.92. The van der Waals surface area contributed by atoms with Gasteiger partial charge in [0.2, 0.25) is 5.82 Å². The van der Waals surface area contributed by atoms with Gasteiger partial charge in [0.05, 0.1) is 5.56 Å². The third-order valence-electron chi connectivity index (χ3n) is 4.35. The Hall–Kier alpha value is -2.53. The zero-order valence-electron chi connectivity index (χ0n) is 17.1. The van der Waals surface area contributed by atoms with E-state index in [1.54, 1.807) is 0 Å². The smallest absolute Gasteiger partial charge is 0.362 e. The summed E-state index contributed by atoms with van der Waals surface area (Å²) >= 11 is 6.78. The van der Waals surface area contributed by atoms with Gasteiger partial charge in [-0.1, -0.05) is 36.8 Å². The van der Waals surface area contributed by atoms with Gasteiger partial charge >= 0.3 is 6.18 Å². The Morgan fingerprint density at radius 3 is 2.38 bits per heavy atom. The van der Waals surface area contributed by atoms with E-state index in [4.69, 9.17) is 11.6 Å². The fourth-order valence-corrected chi connectivity index (χ4v) is 4.22. The lowest BCUT2D eigenvalue weighted by Crippen LogP contribution is -2.24. The summed E-state index contributed by atoms with van der Waals surface area (Å²) in [7, 11) is 0. The van der Waals surface area contributed by atoms with Crippen LogP contribution in [0.15, 0.2) is 24.5 Å². The average Bonchev–Trinajstić information content (AvgIpc) is 3.14. The van der Waals surface area contributed by atoms with E-state index >= 15 is 0 Å². The molecule has 0 aliphatic rings. The molecule has 0 radical (unpaired) electrons. The monoisotopic (exact) mass is 491 g/mol. The standard InChI is InChI=1S/C20H19ClF5N5S/c1-3-5-31(6-4-2)18-15(11-7-12(20(24,25)26)9-13(22)8-11)29-19(32-18)30-17-14(23)16(21)27-10-28-17/h7-10H,3-6H2,1-2H3,(H,27,28,29,30). The van der Waals surface area contributed by atoms with Crippen LogP contribution in [0, 0.1) is 11.6 Å². The lowest BCUT2D eigenvalue weighted by Gasteiger charge is -2.23. The van der Waals surface area contributed by atoms with Gasteiger partial charge in [-0.25, -0.2) is 19.3 Å². The molecule has 0 amide bonds. The van der Waals surface area contributed by atoms with Crippen molar-refractivity contribution in [1.82, 2.24) is 15.0 Å². The summed E-state index contributed by atoms with van der Waals surface area (Å²) in [4.78, 5) is 13.6. The number of halogens is 6. The summed E-state index contributed by atoms with van der Waals surface area (Å²) in [6.45, 7) is 5.14. The first-order chi connectivity index (χ1) is 15.1. The second kappa shape index (κ2) is 9.95. The third kappa shape index (κ3) is 5.44. The van der Waals surface area contributed by atoms with Crippen molar-refractivity contribution in [2.75, 3.05) is 23.3 Å². The molecular formula is C20H19ClF5N5S. The Labute approximate surface area is 190 Å². The van der Waals surface area contributed by atoms with Gasteiger partial charge in [0.25, 0.3) is 0 Å². The molecule has 3 rings (SSSR count). The van der Waals surface area contributed by atoms with Crippen LogP contribution in [0.25, 0.3) is 11.3 Å². The fraction of sp³-hybridized carbons (Fsp3) is 0.350. The minimum Gasteiger partial charge on any atom is -0.362 e. The molecule has 0 fully saturated rings. The van der Waals surface area contributed by atoms with Gasteiger partial charge in [-0.05, 0) is 31.0 Å². The van der Waals surface area contributed by atoms with Crippen LogP contribution >= 0.6 is 22.9 Å². The molecule has 0 bridgehead atoms. The Kier molecular flexibility index (Phi) is 7.50. The zero-order valence-corrected chi connectivity index (χ0v) is 18.7. The normalized spacial score (nSPS) is 11.6. The second-order valence-electron chi connectivity index (χ2n) is 6.84. The maximum Gasteiger partial charge on any atom is 0.416 e. The van der Waals surface area contributed by atoms with Gasteiger partial charge in [-0.3, -0.25) is 0 Å². The number of nitrogens with zero attached hydrogens (tertiary/aromatic N) is 4. The highest BCUT2D eigenvalue weighted by molar-refractivity contribution is 7.20. The van der Waals surface area contributed by atoms with E-state index in [-0.39, 0.29) is 22.2 Å². The highest BCUT2D eigenvalue weighted by atomic mass is 35.5. The average molecular weight is 492 g/mol. The molecule has 1 N–H and O–H groups in total. The molecule has 172 valence electrons. The van der Waals surface area contributed by atoms with Crippen LogP contribution in [0.1, 0.15) is 32.3 Å². The number of nitrogens with one attached hydrogen (secondary N) is 1. The van der Waals surface area contributed by atoms with Gasteiger partial charge in [0.15, 0.2) is 16.1 Å². The Morgan fingerprint density at radius 2 is 1.75 bits per heavy atom. The molecule has 12 heteroatoms. The first-order valence-electron chi connectivity index (χ1n) is 9.71. The van der Waals surface area contributed by atoms with E-state index < -0.39 is 28.5 Å². The number of hydrogen-bond donors (Lipinski definition) is 1. The Balaban J connectivity index is 2.13. The molecule has 0 saturated heterocycles. The highest BCUT2D eigenvalue weighted by Gasteiger charge is 2.32. The predicted molar refractivity (Wildman–Crippen MR) is 116 cm³/mol. The van der Waals surface area contributed by atoms with E-state index in [9.17, 15) is 22.0 Å². The molecule has 0 aliphatic carbocycles. The van der Waals surface area contributed by atoms with Gasteiger partial charge in [0, 0.05) is 18.7 Å². The number of thiazole rings is 1. The molecule has 5 nitrogen and oxygen atoms in total. The van der Waals surface area contributed by atoms with E-state index in [0.717, 1.165) is 42.6 Å². The number of benzene rings is 1. The lowest BCUT2D eigenvalue weighted by molar-refractivity contribution is -0.137. The van der Waals surface area contributed by atoms with Crippen molar-refractivity contribution < 1.29 is 22.0 Å². The van der Waals surface area contributed by atoms with Crippen LogP contribution < -0.4 is 10.2 Å². The van der Waals surface area contributed by atoms with Crippen molar-refractivity contribution in [2.45, 2.75) is 32.9 Å². The van der Waals surface area contributed by atoms with Crippen LogP contribution in [0.4, 0.5) is 37.9 Å². The summed E-state index contributed by atoms with van der Waals surface area (Å²) in [5.74, 6) is -2.16. The molecule has 1 aromatic carbocycles. The highest BCUT2D eigenvalue weighted by Crippen LogP contribution is 2.42. The van der Waals surface area contributed by atoms with Crippen LogP contribution in [-0.4, -0.2) is 28.0 Å². The minimum atomic E-state index is -4.72. The maximum absolute atomic E-state index is 14.2. The first kappa shape index (κ1) is 24.1. The maximum atomic E-state index is 14.2. The molecule has 0 aliphatic heterocycles. The quantitative estimate of drug-likeness (QED) is 0.274. The lowest BCUT2D eigenvalue weighted by atomic mass is 10.1. The van der Waals surface area contributed by atoms with Gasteiger partial charge in [-0.15, -0.1) is 0 Å². The van der Waals surface area contributed by atoms with Crippen molar-refractivity contribution >= 4 is 38.9 Å². The van der Waals surface area contributed by atoms with E-state index in [1.807, 2.05) is 18.7 Å². The molecule has 2 aromatic heterocycles. The van der Waals surface area contributed by atoms with Crippen molar-refractivity contribution in [3.05, 3.63) is 46.9 Å². The van der Waals surface area contributed by atoms with Crippen molar-refractivity contribution in [3.8, 4) is 11.3 Å². The van der Waals surface area contributed by atoms with Crippen LogP contribution in [0.5, 0.6) is 0 Å². The Bertz CT molecular complexity index is 1080. The largest absolute Gasteiger partial charge is 0.416 e. The summed E-state index contributed by atoms with van der Waals surface area (Å²) in [6, 6.07) is 2.28. The van der Waals surface area contributed by atoms with Crippen LogP contribution in [-0.2, 0) is 6.18 Å². The number of anilines is 3. The summed E-state index contributed by atoms with van der Waals surface area (Å²) < 4.78 is 68.1. The van der Waals surface area contributed by atoms with Crippen LogP contribution in [0.2, 0.25) is 5.15 Å². The van der Waals surface area contributed by atoms with Crippen LogP contribution in [0.3, 0.4) is 0 Å². The fourth-order valence-electron chi connectivity index (χ4n) is 3.05. The van der Waals surface area contributed by atoms with Crippen molar-refractivity contribution in [2.24, 2.45) is 0 Å². The summed E-state index contributed by atoms with van der Waals surface area (Å²) in [6.07, 6.45) is -2.12. The summed E-state index contributed by atoms with van der Waals surface area (Å²) in [5.41, 5.74) is -0.993. The molecular weight excluding hydrogens is 473 g/mol. The SMILES string of the molecule is CCCN(CCC)c1sc(Nc2ncnc(Cl)c2F)nc1-c1cc(F)cc(C(F)(F)F)c1. The molecule has 32 heavy (non-hydrogen) atoms. The molecule has 0 unspecified atom stereocenters. The topological polar surface area (TPSA) is 53.9 Å². The molecule has 3 aromatic rings. The molecule has 0 atom stereocenters. The number of rotatable bonds is 8. The molecule has 2 heterocycles. The second-order valence-corrected chi connectivity index (χ2v) is 8.17. The minimum absolute atomic E-state index is 0.0324. The molecule has 0 saturated carbocycles. The zero-order chi connectivity index (χ0) is 23.5. The number of aromatic nitrogens is 3. The van der Waals surface area contributed by atoms with E-state index in [0.29, 0.717) is 24.2 Å². The van der Waals surface area contributed by atoms with Crippen molar-refractivity contribution in [3.63, 3.8) is 0 Å².